The van der Waals surface area contributed by atoms with Crippen LogP contribution in [-0.2, 0) is 0 Å². The molecule has 2 rings (SSSR count). The summed E-state index contributed by atoms with van der Waals surface area (Å²) >= 11 is 4.57. The van der Waals surface area contributed by atoms with Gasteiger partial charge in [0.15, 0.2) is 0 Å². The molecule has 9 heteroatoms. The zero-order valence-electron chi connectivity index (χ0n) is 12.2. The number of aromatic nitrogens is 1. The highest BCUT2D eigenvalue weighted by Crippen LogP contribution is 2.34. The van der Waals surface area contributed by atoms with Crippen molar-refractivity contribution < 1.29 is 14.5 Å². The van der Waals surface area contributed by atoms with Crippen LogP contribution in [0.5, 0.6) is 5.75 Å². The number of ether oxygens (including phenoxy) is 1. The first kappa shape index (κ1) is 17.2. The fourth-order valence-electron chi connectivity index (χ4n) is 1.83. The molecule has 0 radical (unpaired) electrons. The van der Waals surface area contributed by atoms with Crippen LogP contribution in [0.4, 0.5) is 11.5 Å². The van der Waals surface area contributed by atoms with E-state index in [0.29, 0.717) is 16.5 Å². The summed E-state index contributed by atoms with van der Waals surface area (Å²) in [6.45, 7) is 0. The lowest BCUT2D eigenvalue weighted by molar-refractivity contribution is -0.385. The van der Waals surface area contributed by atoms with E-state index in [9.17, 15) is 14.9 Å². The molecular weight excluding hydrogens is 386 g/mol. The number of rotatable bonds is 5. The molecule has 0 saturated carbocycles. The van der Waals surface area contributed by atoms with E-state index in [2.05, 4.69) is 26.2 Å². The minimum Gasteiger partial charge on any atom is -0.495 e. The van der Waals surface area contributed by atoms with E-state index in [4.69, 9.17) is 4.74 Å². The molecule has 7 nitrogen and oxygen atoms in total. The number of pyridine rings is 1. The molecule has 0 bridgehead atoms. The molecule has 120 valence electrons. The molecular formula is C14H12BrN3O4S. The van der Waals surface area contributed by atoms with Crippen molar-refractivity contribution in [1.29, 1.82) is 0 Å². The topological polar surface area (TPSA) is 94.4 Å². The summed E-state index contributed by atoms with van der Waals surface area (Å²) in [7, 11) is 1.42. The fraction of sp³-hybridized carbons (Fsp3) is 0.143. The number of methoxy groups -OCH3 is 1. The summed E-state index contributed by atoms with van der Waals surface area (Å²) in [6, 6.07) is 5.98. The number of nitrogens with zero attached hydrogens (tertiary/aromatic N) is 2. The van der Waals surface area contributed by atoms with Crippen LogP contribution in [0.15, 0.2) is 39.8 Å². The van der Waals surface area contributed by atoms with Crippen LogP contribution in [0.3, 0.4) is 0 Å². The summed E-state index contributed by atoms with van der Waals surface area (Å²) < 4.78 is 5.88. The number of amides is 1. The van der Waals surface area contributed by atoms with Crippen LogP contribution in [-0.4, -0.2) is 29.2 Å². The maximum Gasteiger partial charge on any atom is 0.285 e. The third-order valence-electron chi connectivity index (χ3n) is 2.91. The summed E-state index contributed by atoms with van der Waals surface area (Å²) in [5, 5.41) is 13.8. The largest absolute Gasteiger partial charge is 0.495 e. The van der Waals surface area contributed by atoms with E-state index in [1.807, 2.05) is 0 Å². The number of halogens is 1. The van der Waals surface area contributed by atoms with Crippen LogP contribution >= 0.6 is 27.7 Å². The van der Waals surface area contributed by atoms with Crippen molar-refractivity contribution in [3.63, 3.8) is 0 Å². The molecule has 23 heavy (non-hydrogen) atoms. The van der Waals surface area contributed by atoms with Gasteiger partial charge in [0, 0.05) is 10.7 Å². The molecule has 1 amide bonds. The summed E-state index contributed by atoms with van der Waals surface area (Å²) in [6.07, 6.45) is 3.31. The highest BCUT2D eigenvalue weighted by Gasteiger charge is 2.24. The number of nitro benzene ring substituents is 1. The van der Waals surface area contributed by atoms with Crippen molar-refractivity contribution in [3.05, 3.63) is 50.6 Å². The number of anilines is 1. The monoisotopic (exact) mass is 397 g/mol. The Hall–Kier alpha value is -2.13. The van der Waals surface area contributed by atoms with Gasteiger partial charge >= 0.3 is 0 Å². The average molecular weight is 398 g/mol. The van der Waals surface area contributed by atoms with Crippen molar-refractivity contribution in [3.8, 4) is 5.75 Å². The smallest absolute Gasteiger partial charge is 0.285 e. The number of nitro groups is 1. The quantitative estimate of drug-likeness (QED) is 0.469. The Morgan fingerprint density at radius 1 is 1.43 bits per heavy atom. The molecule has 0 aliphatic carbocycles. The maximum absolute atomic E-state index is 12.4. The highest BCUT2D eigenvalue weighted by atomic mass is 79.9. The average Bonchev–Trinajstić information content (AvgIpc) is 2.55. The van der Waals surface area contributed by atoms with Gasteiger partial charge < -0.3 is 10.1 Å². The van der Waals surface area contributed by atoms with E-state index in [0.717, 1.165) is 4.47 Å². The third kappa shape index (κ3) is 3.99. The number of carbonyl (C=O) groups excluding carboxylic acids is 1. The predicted octanol–water partition coefficient (Wildman–Crippen LogP) is 3.74. The van der Waals surface area contributed by atoms with Crippen molar-refractivity contribution in [2.24, 2.45) is 0 Å². The Balaban J connectivity index is 2.41. The number of hydrogen-bond donors (Lipinski definition) is 1. The Labute approximate surface area is 144 Å². The number of carbonyl (C=O) groups is 1. The second-order valence-electron chi connectivity index (χ2n) is 4.30. The maximum atomic E-state index is 12.4. The van der Waals surface area contributed by atoms with Crippen molar-refractivity contribution in [2.45, 2.75) is 4.90 Å². The summed E-state index contributed by atoms with van der Waals surface area (Å²) in [5.41, 5.74) is -0.376. The summed E-state index contributed by atoms with van der Waals surface area (Å²) in [5.74, 6) is 0.0426. The molecule has 0 saturated heterocycles. The minimum absolute atomic E-state index is 0.0510. The van der Waals surface area contributed by atoms with E-state index < -0.39 is 10.8 Å². The van der Waals surface area contributed by atoms with Crippen LogP contribution in [0.2, 0.25) is 0 Å². The Kier molecular flexibility index (Phi) is 5.56. The Morgan fingerprint density at radius 2 is 2.17 bits per heavy atom. The zero-order valence-corrected chi connectivity index (χ0v) is 14.6. The van der Waals surface area contributed by atoms with Crippen LogP contribution in [0.25, 0.3) is 0 Å². The lowest BCUT2D eigenvalue weighted by atomic mass is 10.1. The van der Waals surface area contributed by atoms with E-state index in [1.54, 1.807) is 18.4 Å². The molecule has 0 spiro atoms. The molecule has 1 aromatic heterocycles. The zero-order chi connectivity index (χ0) is 17.0. The third-order valence-corrected chi connectivity index (χ3v) is 4.14. The minimum atomic E-state index is -0.615. The molecule has 1 heterocycles. The van der Waals surface area contributed by atoms with Crippen LogP contribution < -0.4 is 10.1 Å². The number of hydrogen-bond acceptors (Lipinski definition) is 6. The van der Waals surface area contributed by atoms with Gasteiger partial charge in [0.25, 0.3) is 11.6 Å². The molecule has 2 aromatic rings. The second-order valence-corrected chi connectivity index (χ2v) is 6.06. The van der Waals surface area contributed by atoms with E-state index in [-0.39, 0.29) is 11.3 Å². The molecule has 0 aliphatic heterocycles. The number of thioether (sulfide) groups is 1. The number of benzene rings is 1. The van der Waals surface area contributed by atoms with Crippen molar-refractivity contribution in [1.82, 2.24) is 4.98 Å². The molecule has 0 aliphatic rings. The van der Waals surface area contributed by atoms with Crippen LogP contribution in [0, 0.1) is 10.1 Å². The van der Waals surface area contributed by atoms with E-state index in [1.165, 1.54) is 37.2 Å². The van der Waals surface area contributed by atoms with Gasteiger partial charge in [0.05, 0.1) is 23.0 Å². The van der Waals surface area contributed by atoms with E-state index >= 15 is 0 Å². The van der Waals surface area contributed by atoms with Gasteiger partial charge in [-0.1, -0.05) is 0 Å². The Morgan fingerprint density at radius 3 is 2.70 bits per heavy atom. The standard InChI is InChI=1S/C14H12BrN3O4S/c1-22-11-6-10(18(20)21)9(5-12(11)23-2)14(19)17-13-4-3-8(15)7-16-13/h3-7H,1-2H3,(H,16,17,19). The van der Waals surface area contributed by atoms with Gasteiger partial charge in [0.1, 0.15) is 17.1 Å². The van der Waals surface area contributed by atoms with Gasteiger partial charge in [-0.2, -0.15) is 0 Å². The molecule has 1 N–H and O–H groups in total. The Bertz CT molecular complexity index is 752. The van der Waals surface area contributed by atoms with Gasteiger partial charge in [-0.3, -0.25) is 14.9 Å². The van der Waals surface area contributed by atoms with Gasteiger partial charge in [-0.05, 0) is 40.4 Å². The fourth-order valence-corrected chi connectivity index (χ4v) is 2.65. The lowest BCUT2D eigenvalue weighted by Crippen LogP contribution is -2.15. The molecule has 0 fully saturated rings. The van der Waals surface area contributed by atoms with Gasteiger partial charge in [-0.15, -0.1) is 11.8 Å². The molecule has 0 unspecified atom stereocenters. The molecule has 0 atom stereocenters. The molecule has 1 aromatic carbocycles. The highest BCUT2D eigenvalue weighted by molar-refractivity contribution is 9.10. The van der Waals surface area contributed by atoms with Gasteiger partial charge in [-0.25, -0.2) is 4.98 Å². The van der Waals surface area contributed by atoms with Crippen molar-refractivity contribution in [2.75, 3.05) is 18.7 Å². The van der Waals surface area contributed by atoms with Gasteiger partial charge in [0.2, 0.25) is 0 Å². The first-order chi connectivity index (χ1) is 11.0. The first-order valence-electron chi connectivity index (χ1n) is 6.29. The summed E-state index contributed by atoms with van der Waals surface area (Å²) in [4.78, 5) is 27.6. The SMILES string of the molecule is COc1cc([N+](=O)[O-])c(C(=O)Nc2ccc(Br)cn2)cc1SC. The first-order valence-corrected chi connectivity index (χ1v) is 8.31. The predicted molar refractivity (Wildman–Crippen MR) is 91.3 cm³/mol. The normalized spacial score (nSPS) is 10.2. The second kappa shape index (κ2) is 7.42. The van der Waals surface area contributed by atoms with Crippen LogP contribution in [0.1, 0.15) is 10.4 Å². The van der Waals surface area contributed by atoms with Crippen molar-refractivity contribution >= 4 is 45.1 Å². The number of nitrogens with one attached hydrogen (secondary N) is 1. The lowest BCUT2D eigenvalue weighted by Gasteiger charge is -2.10.